The molecule has 0 aliphatic heterocycles. The van der Waals surface area contributed by atoms with Crippen LogP contribution in [-0.2, 0) is 19.7 Å². The van der Waals surface area contributed by atoms with Gasteiger partial charge in [0.1, 0.15) is 18.1 Å². The molecule has 0 atom stereocenters. The summed E-state index contributed by atoms with van der Waals surface area (Å²) in [5, 5.41) is 9.87. The van der Waals surface area contributed by atoms with Crippen LogP contribution in [0.1, 0.15) is 39.1 Å². The highest BCUT2D eigenvalue weighted by molar-refractivity contribution is 9.10. The normalized spacial score (nSPS) is 10.6. The van der Waals surface area contributed by atoms with Crippen LogP contribution >= 0.6 is 15.9 Å². The summed E-state index contributed by atoms with van der Waals surface area (Å²) in [7, 11) is 0. The summed E-state index contributed by atoms with van der Waals surface area (Å²) in [4.78, 5) is 25.7. The topological polar surface area (TPSA) is 98.4 Å². The van der Waals surface area contributed by atoms with Gasteiger partial charge in [-0.05, 0) is 55.0 Å². The minimum atomic E-state index is -0.407. The average Bonchev–Trinajstić information content (AvgIpc) is 3.51. The van der Waals surface area contributed by atoms with Crippen molar-refractivity contribution in [2.24, 2.45) is 0 Å². The van der Waals surface area contributed by atoms with E-state index in [-0.39, 0.29) is 18.1 Å². The zero-order valence-electron chi connectivity index (χ0n) is 18.5. The monoisotopic (exact) mass is 522 g/mol. The van der Waals surface area contributed by atoms with Gasteiger partial charge in [0.2, 0.25) is 0 Å². The van der Waals surface area contributed by atoms with Gasteiger partial charge >= 0.3 is 0 Å². The highest BCUT2D eigenvalue weighted by Gasteiger charge is 2.19. The fourth-order valence-corrected chi connectivity index (χ4v) is 3.61. The largest absolute Gasteiger partial charge is 0.489 e. The van der Waals surface area contributed by atoms with Crippen molar-refractivity contribution in [1.29, 1.82) is 0 Å². The predicted molar refractivity (Wildman–Crippen MR) is 131 cm³/mol. The number of carbonyl (C=O) groups excluding carboxylic acids is 2. The van der Waals surface area contributed by atoms with Crippen LogP contribution in [0.4, 0.5) is 5.69 Å². The van der Waals surface area contributed by atoms with Crippen LogP contribution in [0.25, 0.3) is 0 Å². The van der Waals surface area contributed by atoms with Crippen LogP contribution in [0.15, 0.2) is 82.0 Å². The number of hydrogen-bond acceptors (Lipinski definition) is 5. The Bertz CT molecular complexity index is 1280. The summed E-state index contributed by atoms with van der Waals surface area (Å²) in [6.45, 7) is 2.98. The zero-order chi connectivity index (χ0) is 23.9. The Labute approximate surface area is 205 Å². The third-order valence-corrected chi connectivity index (χ3v) is 5.44. The fraction of sp³-hybridized carbons (Fsp3) is 0.160. The molecule has 2 heterocycles. The molecule has 2 aromatic carbocycles. The van der Waals surface area contributed by atoms with Crippen molar-refractivity contribution in [2.45, 2.75) is 26.6 Å². The molecule has 8 nitrogen and oxygen atoms in total. The summed E-state index contributed by atoms with van der Waals surface area (Å²) in [6, 6.07) is 18.2. The Morgan fingerprint density at radius 2 is 1.94 bits per heavy atom. The molecular formula is C25H23BrN4O4. The molecule has 0 saturated heterocycles. The second-order valence-electron chi connectivity index (χ2n) is 7.41. The highest BCUT2D eigenvalue weighted by atomic mass is 79.9. The van der Waals surface area contributed by atoms with E-state index in [9.17, 15) is 9.59 Å². The Morgan fingerprint density at radius 3 is 2.71 bits per heavy atom. The van der Waals surface area contributed by atoms with Crippen molar-refractivity contribution in [3.63, 3.8) is 0 Å². The van der Waals surface area contributed by atoms with Crippen molar-refractivity contribution in [3.8, 4) is 5.75 Å². The molecule has 34 heavy (non-hydrogen) atoms. The SMILES string of the molecule is CCn1cc(NC(=O)c2cccc(COc3cccc(Br)c3)c2)c(C(=O)NCc2ccco2)n1. The van der Waals surface area contributed by atoms with Crippen LogP contribution in [0.5, 0.6) is 5.75 Å². The predicted octanol–water partition coefficient (Wildman–Crippen LogP) is 5.02. The van der Waals surface area contributed by atoms with E-state index in [1.165, 1.54) is 6.26 Å². The smallest absolute Gasteiger partial charge is 0.274 e. The molecular weight excluding hydrogens is 500 g/mol. The minimum absolute atomic E-state index is 0.135. The fourth-order valence-electron chi connectivity index (χ4n) is 3.23. The molecule has 0 spiro atoms. The third-order valence-electron chi connectivity index (χ3n) is 4.94. The summed E-state index contributed by atoms with van der Waals surface area (Å²) in [5.41, 5.74) is 1.75. The molecule has 0 aliphatic rings. The van der Waals surface area contributed by atoms with Crippen molar-refractivity contribution in [2.75, 3.05) is 5.32 Å². The molecule has 0 fully saturated rings. The molecule has 4 rings (SSSR count). The molecule has 4 aromatic rings. The lowest BCUT2D eigenvalue weighted by molar-refractivity contribution is 0.0943. The number of nitrogens with zero attached hydrogens (tertiary/aromatic N) is 2. The van der Waals surface area contributed by atoms with Crippen molar-refractivity contribution >= 4 is 33.4 Å². The quantitative estimate of drug-likeness (QED) is 0.321. The summed E-state index contributed by atoms with van der Waals surface area (Å²) >= 11 is 3.42. The van der Waals surface area contributed by atoms with Gasteiger partial charge in [0.05, 0.1) is 18.5 Å². The number of aromatic nitrogens is 2. The molecule has 0 radical (unpaired) electrons. The average molecular weight is 523 g/mol. The standard InChI is InChI=1S/C25H23BrN4O4/c1-2-30-15-22(23(29-30)25(32)27-14-21-10-5-11-33-21)28-24(31)18-7-3-6-17(12-18)16-34-20-9-4-8-19(26)13-20/h3-13,15H,2,14,16H2,1H3,(H,27,32)(H,28,31). The number of anilines is 1. The van der Waals surface area contributed by atoms with E-state index < -0.39 is 5.91 Å². The first kappa shape index (κ1) is 23.3. The van der Waals surface area contributed by atoms with Gasteiger partial charge in [0.15, 0.2) is 5.69 Å². The first-order valence-electron chi connectivity index (χ1n) is 10.7. The first-order chi connectivity index (χ1) is 16.5. The van der Waals surface area contributed by atoms with E-state index >= 15 is 0 Å². The van der Waals surface area contributed by atoms with Crippen molar-refractivity contribution in [3.05, 3.63) is 100 Å². The summed E-state index contributed by atoms with van der Waals surface area (Å²) in [5.74, 6) is 0.590. The van der Waals surface area contributed by atoms with E-state index in [1.807, 2.05) is 37.3 Å². The van der Waals surface area contributed by atoms with E-state index in [4.69, 9.17) is 9.15 Å². The third kappa shape index (κ3) is 5.93. The molecule has 9 heteroatoms. The van der Waals surface area contributed by atoms with Crippen LogP contribution in [-0.4, -0.2) is 21.6 Å². The second kappa shape index (κ2) is 10.8. The van der Waals surface area contributed by atoms with Gasteiger partial charge < -0.3 is 19.8 Å². The van der Waals surface area contributed by atoms with Gasteiger partial charge in [0.25, 0.3) is 11.8 Å². The Balaban J connectivity index is 1.44. The number of amides is 2. The molecule has 0 saturated carbocycles. The minimum Gasteiger partial charge on any atom is -0.489 e. The van der Waals surface area contributed by atoms with Gasteiger partial charge in [-0.3, -0.25) is 14.3 Å². The van der Waals surface area contributed by atoms with Crippen LogP contribution in [0.3, 0.4) is 0 Å². The number of halogens is 1. The number of furan rings is 1. The van der Waals surface area contributed by atoms with E-state index in [2.05, 4.69) is 31.7 Å². The van der Waals surface area contributed by atoms with Gasteiger partial charge in [-0.1, -0.05) is 34.1 Å². The molecule has 0 unspecified atom stereocenters. The van der Waals surface area contributed by atoms with E-state index in [0.29, 0.717) is 30.2 Å². The van der Waals surface area contributed by atoms with Gasteiger partial charge in [-0.25, -0.2) is 0 Å². The Kier molecular flexibility index (Phi) is 7.44. The van der Waals surface area contributed by atoms with Crippen LogP contribution in [0.2, 0.25) is 0 Å². The first-order valence-corrected chi connectivity index (χ1v) is 11.5. The van der Waals surface area contributed by atoms with Crippen molar-refractivity contribution in [1.82, 2.24) is 15.1 Å². The number of aryl methyl sites for hydroxylation is 1. The molecule has 2 amide bonds. The second-order valence-corrected chi connectivity index (χ2v) is 8.33. The Hall–Kier alpha value is -3.85. The maximum atomic E-state index is 13.0. The van der Waals surface area contributed by atoms with Crippen LogP contribution < -0.4 is 15.4 Å². The number of benzene rings is 2. The summed E-state index contributed by atoms with van der Waals surface area (Å²) in [6.07, 6.45) is 3.18. The molecule has 2 aromatic heterocycles. The molecule has 2 N–H and O–H groups in total. The Morgan fingerprint density at radius 1 is 1.09 bits per heavy atom. The van der Waals surface area contributed by atoms with Crippen molar-refractivity contribution < 1.29 is 18.7 Å². The summed E-state index contributed by atoms with van der Waals surface area (Å²) < 4.78 is 13.6. The number of ether oxygens (including phenoxy) is 1. The lowest BCUT2D eigenvalue weighted by Gasteiger charge is -2.09. The highest BCUT2D eigenvalue weighted by Crippen LogP contribution is 2.20. The van der Waals surface area contributed by atoms with E-state index in [1.54, 1.807) is 41.2 Å². The maximum Gasteiger partial charge on any atom is 0.274 e. The molecule has 0 bridgehead atoms. The lowest BCUT2D eigenvalue weighted by atomic mass is 10.1. The lowest BCUT2D eigenvalue weighted by Crippen LogP contribution is -2.25. The number of hydrogen-bond donors (Lipinski definition) is 2. The number of carbonyl (C=O) groups is 2. The van der Waals surface area contributed by atoms with E-state index in [0.717, 1.165) is 15.8 Å². The van der Waals surface area contributed by atoms with Gasteiger partial charge in [0, 0.05) is 22.8 Å². The van der Waals surface area contributed by atoms with Gasteiger partial charge in [-0.2, -0.15) is 5.10 Å². The molecule has 174 valence electrons. The number of nitrogens with one attached hydrogen (secondary N) is 2. The molecule has 0 aliphatic carbocycles. The van der Waals surface area contributed by atoms with Crippen LogP contribution in [0, 0.1) is 0 Å². The zero-order valence-corrected chi connectivity index (χ0v) is 20.0. The maximum absolute atomic E-state index is 13.0. The van der Waals surface area contributed by atoms with Gasteiger partial charge in [-0.15, -0.1) is 0 Å². The number of rotatable bonds is 9.